The van der Waals surface area contributed by atoms with Crippen LogP contribution in [0.3, 0.4) is 0 Å². The molecule has 3 heteroatoms. The van der Waals surface area contributed by atoms with E-state index in [9.17, 15) is 0 Å². The van der Waals surface area contributed by atoms with Crippen molar-refractivity contribution in [3.05, 3.63) is 0 Å². The molecule has 0 aliphatic carbocycles. The monoisotopic (exact) mass is 185 g/mol. The maximum Gasteiger partial charge on any atom is 0.0327 e. The second-order valence-electron chi connectivity index (χ2n) is 3.87. The zero-order valence-electron chi connectivity index (χ0n) is 8.97. The lowest BCUT2D eigenvalue weighted by Gasteiger charge is -2.44. The molecule has 1 rings (SSSR count). The quantitative estimate of drug-likeness (QED) is 0.666. The summed E-state index contributed by atoms with van der Waals surface area (Å²) < 4.78 is 0. The molecule has 0 saturated carbocycles. The van der Waals surface area contributed by atoms with E-state index in [1.54, 1.807) is 0 Å². The van der Waals surface area contributed by atoms with Crippen molar-refractivity contribution in [1.82, 2.24) is 10.2 Å². The van der Waals surface area contributed by atoms with Gasteiger partial charge in [-0.05, 0) is 12.8 Å². The van der Waals surface area contributed by atoms with Crippen LogP contribution in [0.4, 0.5) is 0 Å². The molecule has 3 N–H and O–H groups in total. The predicted octanol–water partition coefficient (Wildman–Crippen LogP) is 0.409. The van der Waals surface area contributed by atoms with Gasteiger partial charge in [-0.2, -0.15) is 0 Å². The summed E-state index contributed by atoms with van der Waals surface area (Å²) in [6.07, 6.45) is 2.33. The van der Waals surface area contributed by atoms with Crippen molar-refractivity contribution in [2.24, 2.45) is 5.73 Å². The van der Waals surface area contributed by atoms with Crippen LogP contribution in [-0.4, -0.2) is 43.2 Å². The Hall–Kier alpha value is -0.120. The summed E-state index contributed by atoms with van der Waals surface area (Å²) in [7, 11) is 0. The highest BCUT2D eigenvalue weighted by atomic mass is 15.2. The van der Waals surface area contributed by atoms with Crippen LogP contribution in [0.2, 0.25) is 0 Å². The minimum atomic E-state index is 0.266. The van der Waals surface area contributed by atoms with Gasteiger partial charge in [-0.3, -0.25) is 4.90 Å². The molecule has 1 saturated heterocycles. The number of nitrogens with two attached hydrogens (primary N) is 1. The molecule has 13 heavy (non-hydrogen) atoms. The first-order chi connectivity index (χ1) is 6.29. The third-order valence-electron chi connectivity index (χ3n) is 3.48. The van der Waals surface area contributed by atoms with E-state index in [2.05, 4.69) is 24.1 Å². The topological polar surface area (TPSA) is 41.3 Å². The molecule has 1 aliphatic heterocycles. The summed E-state index contributed by atoms with van der Waals surface area (Å²) >= 11 is 0. The summed E-state index contributed by atoms with van der Waals surface area (Å²) in [5.41, 5.74) is 6.16. The van der Waals surface area contributed by atoms with E-state index in [4.69, 9.17) is 5.73 Å². The first-order valence-corrected chi connectivity index (χ1v) is 5.45. The van der Waals surface area contributed by atoms with Crippen LogP contribution in [0.1, 0.15) is 26.7 Å². The number of rotatable bonds is 4. The molecular formula is C10H23N3. The second-order valence-corrected chi connectivity index (χ2v) is 3.87. The van der Waals surface area contributed by atoms with Crippen molar-refractivity contribution in [2.45, 2.75) is 32.2 Å². The molecule has 0 atom stereocenters. The minimum Gasteiger partial charge on any atom is -0.329 e. The van der Waals surface area contributed by atoms with Crippen LogP contribution >= 0.6 is 0 Å². The maximum atomic E-state index is 5.90. The van der Waals surface area contributed by atoms with Crippen molar-refractivity contribution in [1.29, 1.82) is 0 Å². The van der Waals surface area contributed by atoms with Crippen LogP contribution < -0.4 is 11.1 Å². The van der Waals surface area contributed by atoms with Crippen LogP contribution in [0.15, 0.2) is 0 Å². The lowest BCUT2D eigenvalue weighted by molar-refractivity contribution is 0.0718. The van der Waals surface area contributed by atoms with Gasteiger partial charge in [-0.1, -0.05) is 13.8 Å². The molecule has 0 aromatic heterocycles. The highest BCUT2D eigenvalue weighted by molar-refractivity contribution is 4.91. The molecule has 0 unspecified atom stereocenters. The smallest absolute Gasteiger partial charge is 0.0327 e. The first kappa shape index (κ1) is 11.0. The van der Waals surface area contributed by atoms with E-state index in [0.29, 0.717) is 0 Å². The molecule has 3 nitrogen and oxygen atoms in total. The second kappa shape index (κ2) is 4.94. The molecule has 0 aromatic carbocycles. The number of piperazine rings is 1. The number of nitrogens with zero attached hydrogens (tertiary/aromatic N) is 1. The van der Waals surface area contributed by atoms with Crippen molar-refractivity contribution >= 4 is 0 Å². The molecule has 0 spiro atoms. The van der Waals surface area contributed by atoms with Crippen LogP contribution in [0.5, 0.6) is 0 Å². The van der Waals surface area contributed by atoms with Gasteiger partial charge in [-0.15, -0.1) is 0 Å². The Morgan fingerprint density at radius 3 is 2.15 bits per heavy atom. The Morgan fingerprint density at radius 1 is 1.23 bits per heavy atom. The lowest BCUT2D eigenvalue weighted by Crippen LogP contribution is -2.59. The van der Waals surface area contributed by atoms with E-state index >= 15 is 0 Å². The van der Waals surface area contributed by atoms with Gasteiger partial charge in [0, 0.05) is 38.3 Å². The predicted molar refractivity (Wildman–Crippen MR) is 56.8 cm³/mol. The van der Waals surface area contributed by atoms with Gasteiger partial charge in [0.15, 0.2) is 0 Å². The molecule has 1 heterocycles. The van der Waals surface area contributed by atoms with Gasteiger partial charge >= 0.3 is 0 Å². The highest BCUT2D eigenvalue weighted by Crippen LogP contribution is 2.22. The maximum absolute atomic E-state index is 5.90. The summed E-state index contributed by atoms with van der Waals surface area (Å²) in [6.45, 7) is 9.82. The normalized spacial score (nSPS) is 20.5. The third kappa shape index (κ3) is 2.22. The van der Waals surface area contributed by atoms with Crippen LogP contribution in [0.25, 0.3) is 0 Å². The van der Waals surface area contributed by atoms with Gasteiger partial charge in [0.2, 0.25) is 0 Å². The molecule has 1 aliphatic rings. The van der Waals surface area contributed by atoms with Crippen molar-refractivity contribution in [3.8, 4) is 0 Å². The van der Waals surface area contributed by atoms with E-state index in [-0.39, 0.29) is 5.54 Å². The van der Waals surface area contributed by atoms with Crippen molar-refractivity contribution < 1.29 is 0 Å². The molecule has 0 radical (unpaired) electrons. The lowest BCUT2D eigenvalue weighted by atomic mass is 9.90. The van der Waals surface area contributed by atoms with E-state index in [1.165, 1.54) is 12.8 Å². The Kier molecular flexibility index (Phi) is 4.16. The molecule has 1 fully saturated rings. The molecular weight excluding hydrogens is 162 g/mol. The molecule has 78 valence electrons. The Bertz CT molecular complexity index is 129. The van der Waals surface area contributed by atoms with E-state index in [1.807, 2.05) is 0 Å². The number of nitrogens with one attached hydrogen (secondary N) is 1. The summed E-state index contributed by atoms with van der Waals surface area (Å²) in [5.74, 6) is 0. The molecule has 0 amide bonds. The largest absolute Gasteiger partial charge is 0.329 e. The first-order valence-electron chi connectivity index (χ1n) is 5.45. The SMILES string of the molecule is CCC(CC)(CN)N1CCNCC1. The van der Waals surface area contributed by atoms with Crippen LogP contribution in [-0.2, 0) is 0 Å². The average molecular weight is 185 g/mol. The minimum absolute atomic E-state index is 0.266. The van der Waals surface area contributed by atoms with E-state index in [0.717, 1.165) is 32.7 Å². The van der Waals surface area contributed by atoms with Crippen molar-refractivity contribution in [2.75, 3.05) is 32.7 Å². The van der Waals surface area contributed by atoms with E-state index < -0.39 is 0 Å². The third-order valence-corrected chi connectivity index (χ3v) is 3.48. The van der Waals surface area contributed by atoms with Gasteiger partial charge in [-0.25, -0.2) is 0 Å². The summed E-state index contributed by atoms with van der Waals surface area (Å²) in [5, 5.41) is 3.38. The fraction of sp³-hybridized carbons (Fsp3) is 1.00. The van der Waals surface area contributed by atoms with Gasteiger partial charge in [0.05, 0.1) is 0 Å². The fourth-order valence-electron chi connectivity index (χ4n) is 2.25. The van der Waals surface area contributed by atoms with Gasteiger partial charge in [0.25, 0.3) is 0 Å². The number of hydrogen-bond acceptors (Lipinski definition) is 3. The number of hydrogen-bond donors (Lipinski definition) is 2. The van der Waals surface area contributed by atoms with Crippen LogP contribution in [0, 0.1) is 0 Å². The fourth-order valence-corrected chi connectivity index (χ4v) is 2.25. The summed E-state index contributed by atoms with van der Waals surface area (Å²) in [4.78, 5) is 2.56. The zero-order chi connectivity index (χ0) is 9.73. The molecule has 0 bridgehead atoms. The Labute approximate surface area is 81.7 Å². The zero-order valence-corrected chi connectivity index (χ0v) is 8.97. The molecule has 0 aromatic rings. The van der Waals surface area contributed by atoms with Gasteiger partial charge < -0.3 is 11.1 Å². The highest BCUT2D eigenvalue weighted by Gasteiger charge is 2.32. The standard InChI is InChI=1S/C10H23N3/c1-3-10(4-2,9-11)13-7-5-12-6-8-13/h12H,3-9,11H2,1-2H3. The van der Waals surface area contributed by atoms with Gasteiger partial charge in [0.1, 0.15) is 0 Å². The average Bonchev–Trinajstić information content (AvgIpc) is 2.23. The summed E-state index contributed by atoms with van der Waals surface area (Å²) in [6, 6.07) is 0. The Morgan fingerprint density at radius 2 is 1.77 bits per heavy atom. The van der Waals surface area contributed by atoms with Crippen molar-refractivity contribution in [3.63, 3.8) is 0 Å². The Balaban J connectivity index is 2.60.